The highest BCUT2D eigenvalue weighted by molar-refractivity contribution is 6.34. The van der Waals surface area contributed by atoms with Crippen molar-refractivity contribution in [1.82, 2.24) is 4.90 Å². The van der Waals surface area contributed by atoms with Gasteiger partial charge in [-0.3, -0.25) is 9.59 Å². The Morgan fingerprint density at radius 2 is 2.00 bits per heavy atom. The fraction of sp³-hybridized carbons (Fsp3) is 0.467. The summed E-state index contributed by atoms with van der Waals surface area (Å²) in [6.45, 7) is 3.89. The number of nitrogens with one attached hydrogen (secondary N) is 1. The molecular weight excluding hydrogens is 290 g/mol. The molecule has 6 heteroatoms. The molecule has 0 bridgehead atoms. The monoisotopic (exact) mass is 311 g/mol. The molecule has 3 N–H and O–H groups in total. The van der Waals surface area contributed by atoms with Gasteiger partial charge in [-0.05, 0) is 24.1 Å². The van der Waals surface area contributed by atoms with Gasteiger partial charge in [-0.2, -0.15) is 0 Å². The molecule has 0 fully saturated rings. The fourth-order valence-corrected chi connectivity index (χ4v) is 1.91. The molecule has 0 aromatic heterocycles. The number of nitrogens with two attached hydrogens (primary N) is 1. The molecule has 1 aromatic rings. The molecule has 0 aliphatic heterocycles. The van der Waals surface area contributed by atoms with E-state index in [1.165, 1.54) is 4.90 Å². The highest BCUT2D eigenvalue weighted by Crippen LogP contribution is 2.24. The lowest BCUT2D eigenvalue weighted by Gasteiger charge is -2.19. The second-order valence-electron chi connectivity index (χ2n) is 5.29. The van der Waals surface area contributed by atoms with Gasteiger partial charge in [-0.15, -0.1) is 0 Å². The molecule has 2 atom stereocenters. The van der Waals surface area contributed by atoms with Gasteiger partial charge < -0.3 is 16.0 Å². The van der Waals surface area contributed by atoms with Gasteiger partial charge in [0.05, 0.1) is 16.8 Å². The van der Waals surface area contributed by atoms with Crippen LogP contribution in [0.15, 0.2) is 18.2 Å². The smallest absolute Gasteiger partial charge is 0.253 e. The van der Waals surface area contributed by atoms with Crippen molar-refractivity contribution in [3.05, 3.63) is 28.8 Å². The van der Waals surface area contributed by atoms with Gasteiger partial charge in [0.25, 0.3) is 5.91 Å². The zero-order valence-electron chi connectivity index (χ0n) is 12.8. The van der Waals surface area contributed by atoms with E-state index in [9.17, 15) is 9.59 Å². The summed E-state index contributed by atoms with van der Waals surface area (Å²) in [4.78, 5) is 25.5. The third-order valence-corrected chi connectivity index (χ3v) is 3.77. The van der Waals surface area contributed by atoms with E-state index in [4.69, 9.17) is 17.3 Å². The first-order chi connectivity index (χ1) is 9.77. The molecule has 0 heterocycles. The molecule has 0 radical (unpaired) electrons. The van der Waals surface area contributed by atoms with Crippen molar-refractivity contribution >= 4 is 29.1 Å². The molecule has 1 rings (SSSR count). The number of amides is 2. The summed E-state index contributed by atoms with van der Waals surface area (Å²) in [6.07, 6.45) is 0.807. The van der Waals surface area contributed by atoms with Crippen LogP contribution in [0.3, 0.4) is 0 Å². The highest BCUT2D eigenvalue weighted by atomic mass is 35.5. The lowest BCUT2D eigenvalue weighted by atomic mass is 9.99. The van der Waals surface area contributed by atoms with E-state index in [2.05, 4.69) is 5.32 Å². The fourth-order valence-electron chi connectivity index (χ4n) is 1.74. The third kappa shape index (κ3) is 4.44. The summed E-state index contributed by atoms with van der Waals surface area (Å²) in [5.41, 5.74) is 6.74. The van der Waals surface area contributed by atoms with Crippen molar-refractivity contribution in [3.63, 3.8) is 0 Å². The lowest BCUT2D eigenvalue weighted by Crippen LogP contribution is -2.40. The third-order valence-electron chi connectivity index (χ3n) is 3.44. The van der Waals surface area contributed by atoms with Crippen LogP contribution in [-0.2, 0) is 4.79 Å². The molecule has 5 nitrogen and oxygen atoms in total. The largest absolute Gasteiger partial charge is 0.345 e. The predicted octanol–water partition coefficient (Wildman–Crippen LogP) is 2.35. The van der Waals surface area contributed by atoms with Crippen molar-refractivity contribution in [2.24, 2.45) is 11.7 Å². The Kier molecular flexibility index (Phi) is 6.18. The quantitative estimate of drug-likeness (QED) is 0.876. The van der Waals surface area contributed by atoms with Crippen LogP contribution in [0.25, 0.3) is 0 Å². The van der Waals surface area contributed by atoms with Crippen LogP contribution in [0.5, 0.6) is 0 Å². The summed E-state index contributed by atoms with van der Waals surface area (Å²) >= 11 is 6.06. The summed E-state index contributed by atoms with van der Waals surface area (Å²) in [5.74, 6) is -0.399. The average molecular weight is 312 g/mol. The van der Waals surface area contributed by atoms with Crippen LogP contribution < -0.4 is 11.1 Å². The zero-order chi connectivity index (χ0) is 16.2. The van der Waals surface area contributed by atoms with Crippen molar-refractivity contribution in [3.8, 4) is 0 Å². The molecule has 0 spiro atoms. The summed E-state index contributed by atoms with van der Waals surface area (Å²) in [7, 11) is 3.32. The van der Waals surface area contributed by atoms with Gasteiger partial charge >= 0.3 is 0 Å². The van der Waals surface area contributed by atoms with E-state index in [1.807, 2.05) is 13.8 Å². The molecular formula is C15H22ClN3O2. The number of halogens is 1. The molecule has 0 aliphatic rings. The predicted molar refractivity (Wildman–Crippen MR) is 85.5 cm³/mol. The minimum absolute atomic E-state index is 0.0652. The Hall–Kier alpha value is -1.59. The molecule has 1 aromatic carbocycles. The van der Waals surface area contributed by atoms with E-state index in [1.54, 1.807) is 32.3 Å². The number of carbonyl (C=O) groups is 2. The maximum Gasteiger partial charge on any atom is 0.253 e. The Morgan fingerprint density at radius 3 is 2.52 bits per heavy atom. The molecule has 0 aliphatic carbocycles. The van der Waals surface area contributed by atoms with E-state index in [0.717, 1.165) is 6.42 Å². The Labute approximate surface area is 130 Å². The standard InChI is InChI=1S/C15H22ClN3O2/c1-5-9(2)13(17)14(20)18-12-8-10(6-7-11(12)16)15(21)19(3)4/h6-9,13H,5,17H2,1-4H3,(H,18,20)/t9?,13-/m0/s1. The van der Waals surface area contributed by atoms with Crippen LogP contribution in [0.1, 0.15) is 30.6 Å². The van der Waals surface area contributed by atoms with Crippen molar-refractivity contribution in [1.29, 1.82) is 0 Å². The van der Waals surface area contributed by atoms with Gasteiger partial charge in [-0.1, -0.05) is 31.9 Å². The Morgan fingerprint density at radius 1 is 1.38 bits per heavy atom. The van der Waals surface area contributed by atoms with Gasteiger partial charge in [0, 0.05) is 19.7 Å². The number of hydrogen-bond acceptors (Lipinski definition) is 3. The van der Waals surface area contributed by atoms with Crippen molar-refractivity contribution < 1.29 is 9.59 Å². The first kappa shape index (κ1) is 17.5. The van der Waals surface area contributed by atoms with E-state index in [0.29, 0.717) is 16.3 Å². The van der Waals surface area contributed by atoms with E-state index in [-0.39, 0.29) is 17.7 Å². The van der Waals surface area contributed by atoms with Gasteiger partial charge in [0.2, 0.25) is 5.91 Å². The minimum atomic E-state index is -0.612. The lowest BCUT2D eigenvalue weighted by molar-refractivity contribution is -0.118. The van der Waals surface area contributed by atoms with Crippen LogP contribution in [0, 0.1) is 5.92 Å². The Balaban J connectivity index is 2.95. The van der Waals surface area contributed by atoms with Gasteiger partial charge in [0.1, 0.15) is 0 Å². The zero-order valence-corrected chi connectivity index (χ0v) is 13.6. The van der Waals surface area contributed by atoms with Crippen LogP contribution in [0.2, 0.25) is 5.02 Å². The minimum Gasteiger partial charge on any atom is -0.345 e. The van der Waals surface area contributed by atoms with Gasteiger partial charge in [0.15, 0.2) is 0 Å². The highest BCUT2D eigenvalue weighted by Gasteiger charge is 2.20. The summed E-state index contributed by atoms with van der Waals surface area (Å²) in [6, 6.07) is 4.16. The maximum absolute atomic E-state index is 12.1. The molecule has 0 saturated carbocycles. The van der Waals surface area contributed by atoms with Crippen molar-refractivity contribution in [2.45, 2.75) is 26.3 Å². The first-order valence-electron chi connectivity index (χ1n) is 6.85. The second kappa shape index (κ2) is 7.43. The molecule has 0 saturated heterocycles. The summed E-state index contributed by atoms with van der Waals surface area (Å²) in [5, 5.41) is 3.06. The maximum atomic E-state index is 12.1. The second-order valence-corrected chi connectivity index (χ2v) is 5.70. The normalized spacial score (nSPS) is 13.4. The summed E-state index contributed by atoms with van der Waals surface area (Å²) < 4.78 is 0. The van der Waals surface area contributed by atoms with Crippen LogP contribution in [-0.4, -0.2) is 36.9 Å². The number of nitrogens with zero attached hydrogens (tertiary/aromatic N) is 1. The number of hydrogen-bond donors (Lipinski definition) is 2. The van der Waals surface area contributed by atoms with Crippen LogP contribution in [0.4, 0.5) is 5.69 Å². The van der Waals surface area contributed by atoms with Crippen molar-refractivity contribution in [2.75, 3.05) is 19.4 Å². The number of rotatable bonds is 5. The molecule has 1 unspecified atom stereocenters. The number of carbonyl (C=O) groups excluding carboxylic acids is 2. The average Bonchev–Trinajstić information content (AvgIpc) is 2.46. The van der Waals surface area contributed by atoms with Crippen LogP contribution >= 0.6 is 11.6 Å². The molecule has 2 amide bonds. The Bertz CT molecular complexity index is 532. The topological polar surface area (TPSA) is 75.4 Å². The SMILES string of the molecule is CCC(C)[C@H](N)C(=O)Nc1cc(C(=O)N(C)C)ccc1Cl. The molecule has 116 valence electrons. The number of benzene rings is 1. The van der Waals surface area contributed by atoms with E-state index >= 15 is 0 Å². The number of anilines is 1. The van der Waals surface area contributed by atoms with Gasteiger partial charge in [-0.25, -0.2) is 0 Å². The molecule has 21 heavy (non-hydrogen) atoms. The first-order valence-corrected chi connectivity index (χ1v) is 7.23. The van der Waals surface area contributed by atoms with E-state index < -0.39 is 6.04 Å².